The number of aromatic nitrogens is 3. The number of pyridine rings is 1. The van der Waals surface area contributed by atoms with Crippen molar-refractivity contribution in [3.63, 3.8) is 0 Å². The molecule has 0 aliphatic carbocycles. The van der Waals surface area contributed by atoms with E-state index in [0.717, 1.165) is 29.8 Å². The van der Waals surface area contributed by atoms with E-state index >= 15 is 0 Å². The molecule has 2 aromatic rings. The minimum atomic E-state index is 0.484. The molecule has 0 aromatic carbocycles. The lowest BCUT2D eigenvalue weighted by atomic mass is 10.3. The summed E-state index contributed by atoms with van der Waals surface area (Å²) in [5.41, 5.74) is 0.928. The second kappa shape index (κ2) is 4.06. The van der Waals surface area contributed by atoms with Gasteiger partial charge < -0.3 is 4.90 Å². The summed E-state index contributed by atoms with van der Waals surface area (Å²) < 4.78 is 0. The van der Waals surface area contributed by atoms with Gasteiger partial charge in [-0.15, -0.1) is 0 Å². The van der Waals surface area contributed by atoms with Crippen LogP contribution in [-0.4, -0.2) is 28.3 Å². The molecule has 0 aliphatic heterocycles. The van der Waals surface area contributed by atoms with Gasteiger partial charge in [-0.25, -0.2) is 4.98 Å². The van der Waals surface area contributed by atoms with Crippen molar-refractivity contribution < 1.29 is 0 Å². The molecular formula is C10H13ClN4. The topological polar surface area (TPSA) is 44.8 Å². The molecule has 2 heterocycles. The highest BCUT2D eigenvalue weighted by atomic mass is 35.5. The number of halogens is 1. The molecule has 0 aliphatic rings. The van der Waals surface area contributed by atoms with Gasteiger partial charge in [-0.1, -0.05) is 11.6 Å². The molecular weight excluding hydrogens is 212 g/mol. The summed E-state index contributed by atoms with van der Waals surface area (Å²) in [6.07, 6.45) is 1.76. The highest BCUT2D eigenvalue weighted by molar-refractivity contribution is 6.30. The summed E-state index contributed by atoms with van der Waals surface area (Å²) in [7, 11) is 0. The zero-order chi connectivity index (χ0) is 10.8. The third-order valence-electron chi connectivity index (χ3n) is 2.46. The van der Waals surface area contributed by atoms with Crippen molar-refractivity contribution in [2.75, 3.05) is 18.0 Å². The molecule has 1 N–H and O–H groups in total. The lowest BCUT2D eigenvalue weighted by Crippen LogP contribution is -2.22. The molecule has 0 atom stereocenters. The molecule has 2 rings (SSSR count). The van der Waals surface area contributed by atoms with Crippen LogP contribution in [0.15, 0.2) is 12.3 Å². The van der Waals surface area contributed by atoms with Gasteiger partial charge in [0.25, 0.3) is 0 Å². The van der Waals surface area contributed by atoms with E-state index in [0.29, 0.717) is 5.15 Å². The van der Waals surface area contributed by atoms with Crippen LogP contribution in [0.3, 0.4) is 0 Å². The predicted octanol–water partition coefficient (Wildman–Crippen LogP) is 2.46. The van der Waals surface area contributed by atoms with Crippen LogP contribution in [0.4, 0.5) is 5.82 Å². The smallest absolute Gasteiger partial charge is 0.159 e. The van der Waals surface area contributed by atoms with E-state index in [1.54, 1.807) is 12.3 Å². The lowest BCUT2D eigenvalue weighted by Gasteiger charge is -2.17. The highest BCUT2D eigenvalue weighted by Crippen LogP contribution is 2.24. The first-order valence-corrected chi connectivity index (χ1v) is 5.38. The Morgan fingerprint density at radius 2 is 2.13 bits per heavy atom. The summed E-state index contributed by atoms with van der Waals surface area (Å²) in [5, 5.41) is 8.74. The van der Waals surface area contributed by atoms with E-state index in [4.69, 9.17) is 11.6 Å². The van der Waals surface area contributed by atoms with E-state index in [2.05, 4.69) is 33.9 Å². The van der Waals surface area contributed by atoms with Crippen molar-refractivity contribution in [3.05, 3.63) is 17.4 Å². The van der Waals surface area contributed by atoms with Crippen LogP contribution in [-0.2, 0) is 0 Å². The Morgan fingerprint density at radius 1 is 1.40 bits per heavy atom. The monoisotopic (exact) mass is 224 g/mol. The highest BCUT2D eigenvalue weighted by Gasteiger charge is 2.11. The van der Waals surface area contributed by atoms with E-state index < -0.39 is 0 Å². The van der Waals surface area contributed by atoms with Gasteiger partial charge in [-0.3, -0.25) is 5.10 Å². The Bertz CT molecular complexity index is 461. The van der Waals surface area contributed by atoms with Crippen molar-refractivity contribution in [3.8, 4) is 0 Å². The van der Waals surface area contributed by atoms with Gasteiger partial charge in [0.1, 0.15) is 5.15 Å². The minimum absolute atomic E-state index is 0.484. The van der Waals surface area contributed by atoms with Crippen LogP contribution < -0.4 is 4.90 Å². The van der Waals surface area contributed by atoms with Gasteiger partial charge in [0.15, 0.2) is 5.82 Å². The van der Waals surface area contributed by atoms with Crippen molar-refractivity contribution in [2.24, 2.45) is 0 Å². The Hall–Kier alpha value is -1.29. The fourth-order valence-corrected chi connectivity index (χ4v) is 1.80. The molecule has 15 heavy (non-hydrogen) atoms. The van der Waals surface area contributed by atoms with Gasteiger partial charge >= 0.3 is 0 Å². The number of hydrogen-bond acceptors (Lipinski definition) is 3. The average molecular weight is 225 g/mol. The maximum atomic E-state index is 5.80. The molecule has 0 saturated heterocycles. The molecule has 0 bridgehead atoms. The first-order valence-electron chi connectivity index (χ1n) is 5.00. The maximum Gasteiger partial charge on any atom is 0.159 e. The van der Waals surface area contributed by atoms with Crippen molar-refractivity contribution in [1.82, 2.24) is 15.2 Å². The molecule has 0 fully saturated rings. The van der Waals surface area contributed by atoms with Crippen molar-refractivity contribution in [2.45, 2.75) is 13.8 Å². The Kier molecular flexibility index (Phi) is 2.77. The van der Waals surface area contributed by atoms with Crippen LogP contribution in [0.2, 0.25) is 5.15 Å². The summed E-state index contributed by atoms with van der Waals surface area (Å²) in [4.78, 5) is 6.24. The quantitative estimate of drug-likeness (QED) is 0.815. The first-order chi connectivity index (χ1) is 7.26. The number of aromatic amines is 1. The number of hydrogen-bond donors (Lipinski definition) is 1. The maximum absolute atomic E-state index is 5.80. The normalized spacial score (nSPS) is 10.9. The van der Waals surface area contributed by atoms with E-state index in [9.17, 15) is 0 Å². The summed E-state index contributed by atoms with van der Waals surface area (Å²) >= 11 is 5.80. The van der Waals surface area contributed by atoms with E-state index in [1.807, 2.05) is 0 Å². The van der Waals surface area contributed by atoms with Crippen LogP contribution in [0.5, 0.6) is 0 Å². The van der Waals surface area contributed by atoms with Crippen LogP contribution in [0, 0.1) is 0 Å². The minimum Gasteiger partial charge on any atom is -0.355 e. The summed E-state index contributed by atoms with van der Waals surface area (Å²) in [5.74, 6) is 0.944. The van der Waals surface area contributed by atoms with Crippen molar-refractivity contribution >= 4 is 28.3 Å². The molecule has 2 aromatic heterocycles. The average Bonchev–Trinajstić information content (AvgIpc) is 2.63. The number of rotatable bonds is 3. The van der Waals surface area contributed by atoms with Crippen molar-refractivity contribution in [1.29, 1.82) is 0 Å². The fourth-order valence-electron chi connectivity index (χ4n) is 1.64. The standard InChI is InChI=1S/C10H13ClN4/c1-3-15(4-2)10-7-6-12-9(11)5-8(7)13-14-10/h5-6H,3-4H2,1-2H3,(H,13,14). The molecule has 5 heteroatoms. The Morgan fingerprint density at radius 3 is 2.80 bits per heavy atom. The molecule has 80 valence electrons. The SMILES string of the molecule is CCN(CC)c1n[nH]c2cc(Cl)ncc12. The number of H-pyrrole nitrogens is 1. The van der Waals surface area contributed by atoms with Crippen LogP contribution in [0.25, 0.3) is 10.9 Å². The Labute approximate surface area is 93.3 Å². The molecule has 0 radical (unpaired) electrons. The first kappa shape index (κ1) is 10.2. The number of nitrogens with zero attached hydrogens (tertiary/aromatic N) is 3. The van der Waals surface area contributed by atoms with E-state index in [-0.39, 0.29) is 0 Å². The molecule has 0 unspecified atom stereocenters. The Balaban J connectivity index is 2.53. The van der Waals surface area contributed by atoms with Gasteiger partial charge in [0, 0.05) is 25.4 Å². The van der Waals surface area contributed by atoms with Crippen LogP contribution in [0.1, 0.15) is 13.8 Å². The van der Waals surface area contributed by atoms with Gasteiger partial charge in [-0.2, -0.15) is 5.10 Å². The molecule has 0 amide bonds. The number of nitrogens with one attached hydrogen (secondary N) is 1. The molecule has 0 saturated carbocycles. The van der Waals surface area contributed by atoms with Gasteiger partial charge in [-0.05, 0) is 13.8 Å². The predicted molar refractivity (Wildman–Crippen MR) is 62.5 cm³/mol. The van der Waals surface area contributed by atoms with E-state index in [1.165, 1.54) is 0 Å². The lowest BCUT2D eigenvalue weighted by molar-refractivity contribution is 0.843. The van der Waals surface area contributed by atoms with Gasteiger partial charge in [0.2, 0.25) is 0 Å². The zero-order valence-electron chi connectivity index (χ0n) is 8.79. The molecule has 4 nitrogen and oxygen atoms in total. The second-order valence-electron chi connectivity index (χ2n) is 3.27. The third kappa shape index (κ3) is 1.77. The number of fused-ring (bicyclic) bond motifs is 1. The van der Waals surface area contributed by atoms with Gasteiger partial charge in [0.05, 0.1) is 10.9 Å². The third-order valence-corrected chi connectivity index (χ3v) is 2.66. The number of anilines is 1. The summed E-state index contributed by atoms with van der Waals surface area (Å²) in [6, 6.07) is 1.79. The second-order valence-corrected chi connectivity index (χ2v) is 3.66. The van der Waals surface area contributed by atoms with Crippen LogP contribution >= 0.6 is 11.6 Å². The molecule has 0 spiro atoms. The largest absolute Gasteiger partial charge is 0.355 e. The zero-order valence-corrected chi connectivity index (χ0v) is 9.54. The summed E-state index contributed by atoms with van der Waals surface area (Å²) in [6.45, 7) is 6.07. The fraction of sp³-hybridized carbons (Fsp3) is 0.400.